The van der Waals surface area contributed by atoms with E-state index in [1.54, 1.807) is 19.9 Å². The number of aliphatic carboxylic acids is 1. The summed E-state index contributed by atoms with van der Waals surface area (Å²) in [5.74, 6) is -1.24. The Hall–Kier alpha value is -0.940. The minimum atomic E-state index is -0.994. The highest BCUT2D eigenvalue weighted by molar-refractivity contribution is 9.10. The molecule has 94 valence electrons. The van der Waals surface area contributed by atoms with Crippen LogP contribution >= 0.6 is 15.9 Å². The Bertz CT molecular complexity index is 425. The van der Waals surface area contributed by atoms with Gasteiger partial charge in [0.05, 0.1) is 0 Å². The minimum Gasteiger partial charge on any atom is -0.480 e. The summed E-state index contributed by atoms with van der Waals surface area (Å²) in [5, 5.41) is 12.0. The van der Waals surface area contributed by atoms with Gasteiger partial charge in [0.1, 0.15) is 11.4 Å². The fourth-order valence-electron chi connectivity index (χ4n) is 1.32. The van der Waals surface area contributed by atoms with Gasteiger partial charge < -0.3 is 5.11 Å². The molecular formula is C12H15BrFNO2. The SMILES string of the molecule is CCC(C)(NCc1cc(F)ccc1Br)C(=O)O. The molecule has 0 aromatic heterocycles. The third-order valence-electron chi connectivity index (χ3n) is 2.86. The highest BCUT2D eigenvalue weighted by atomic mass is 79.9. The molecular weight excluding hydrogens is 289 g/mol. The molecule has 0 fully saturated rings. The van der Waals surface area contributed by atoms with Crippen LogP contribution in [0.1, 0.15) is 25.8 Å². The van der Waals surface area contributed by atoms with Gasteiger partial charge in [-0.1, -0.05) is 22.9 Å². The van der Waals surface area contributed by atoms with Crippen molar-refractivity contribution >= 4 is 21.9 Å². The largest absolute Gasteiger partial charge is 0.480 e. The van der Waals surface area contributed by atoms with Gasteiger partial charge in [0.25, 0.3) is 0 Å². The molecule has 0 heterocycles. The van der Waals surface area contributed by atoms with Gasteiger partial charge in [-0.15, -0.1) is 0 Å². The second-order valence-electron chi connectivity index (χ2n) is 4.08. The molecule has 0 radical (unpaired) electrons. The first-order chi connectivity index (χ1) is 7.89. The highest BCUT2D eigenvalue weighted by Gasteiger charge is 2.30. The molecule has 5 heteroatoms. The number of carboxylic acid groups (broad SMARTS) is 1. The maximum Gasteiger partial charge on any atom is 0.323 e. The lowest BCUT2D eigenvalue weighted by Crippen LogP contribution is -2.48. The summed E-state index contributed by atoms with van der Waals surface area (Å²) in [7, 11) is 0. The molecule has 0 bridgehead atoms. The van der Waals surface area contributed by atoms with Gasteiger partial charge in [0.2, 0.25) is 0 Å². The topological polar surface area (TPSA) is 49.3 Å². The summed E-state index contributed by atoms with van der Waals surface area (Å²) in [4.78, 5) is 11.1. The number of hydrogen-bond donors (Lipinski definition) is 2. The van der Waals surface area contributed by atoms with E-state index in [-0.39, 0.29) is 5.82 Å². The summed E-state index contributed by atoms with van der Waals surface area (Å²) in [6, 6.07) is 4.34. The Morgan fingerprint density at radius 1 is 1.59 bits per heavy atom. The standard InChI is InChI=1S/C12H15BrFNO2/c1-3-12(2,11(16)17)15-7-8-6-9(14)4-5-10(8)13/h4-6,15H,3,7H2,1-2H3,(H,16,17). The molecule has 0 saturated heterocycles. The van der Waals surface area contributed by atoms with Crippen molar-refractivity contribution in [3.05, 3.63) is 34.1 Å². The van der Waals surface area contributed by atoms with Crippen LogP contribution in [0.5, 0.6) is 0 Å². The second-order valence-corrected chi connectivity index (χ2v) is 4.93. The van der Waals surface area contributed by atoms with E-state index >= 15 is 0 Å². The van der Waals surface area contributed by atoms with Crippen LogP contribution in [-0.2, 0) is 11.3 Å². The zero-order chi connectivity index (χ0) is 13.1. The van der Waals surface area contributed by atoms with Crippen LogP contribution < -0.4 is 5.32 Å². The molecule has 1 aromatic rings. The summed E-state index contributed by atoms with van der Waals surface area (Å²) in [6.07, 6.45) is 0.454. The van der Waals surface area contributed by atoms with E-state index < -0.39 is 11.5 Å². The molecule has 0 aliphatic rings. The maximum atomic E-state index is 13.0. The van der Waals surface area contributed by atoms with Gasteiger partial charge in [0, 0.05) is 11.0 Å². The third-order valence-corrected chi connectivity index (χ3v) is 3.63. The van der Waals surface area contributed by atoms with E-state index in [0.29, 0.717) is 18.5 Å². The molecule has 1 atom stereocenters. The number of hydrogen-bond acceptors (Lipinski definition) is 2. The molecule has 0 saturated carbocycles. The Morgan fingerprint density at radius 3 is 2.76 bits per heavy atom. The Morgan fingerprint density at radius 2 is 2.24 bits per heavy atom. The monoisotopic (exact) mass is 303 g/mol. The normalized spacial score (nSPS) is 14.4. The third kappa shape index (κ3) is 3.51. The number of carboxylic acids is 1. The molecule has 17 heavy (non-hydrogen) atoms. The molecule has 1 aromatic carbocycles. The van der Waals surface area contributed by atoms with Gasteiger partial charge in [-0.2, -0.15) is 0 Å². The number of nitrogens with one attached hydrogen (secondary N) is 1. The van der Waals surface area contributed by atoms with E-state index in [0.717, 1.165) is 4.47 Å². The molecule has 2 N–H and O–H groups in total. The van der Waals surface area contributed by atoms with Crippen LogP contribution in [0.4, 0.5) is 4.39 Å². The quantitative estimate of drug-likeness (QED) is 0.879. The lowest BCUT2D eigenvalue weighted by molar-refractivity contribution is -0.144. The summed E-state index contributed by atoms with van der Waals surface area (Å²) >= 11 is 3.30. The first-order valence-electron chi connectivity index (χ1n) is 5.31. The average Bonchev–Trinajstić information content (AvgIpc) is 2.29. The summed E-state index contributed by atoms with van der Waals surface area (Å²) in [5.41, 5.74) is -0.294. The first-order valence-corrected chi connectivity index (χ1v) is 6.10. The lowest BCUT2D eigenvalue weighted by Gasteiger charge is -2.25. The van der Waals surface area contributed by atoms with E-state index in [9.17, 15) is 9.18 Å². The molecule has 0 spiro atoms. The van der Waals surface area contributed by atoms with Crippen LogP contribution in [0.2, 0.25) is 0 Å². The number of carbonyl (C=O) groups is 1. The predicted octanol–water partition coefficient (Wildman–Crippen LogP) is 2.93. The Labute approximate surface area is 108 Å². The maximum absolute atomic E-state index is 13.0. The van der Waals surface area contributed by atoms with Crippen LogP contribution in [0.15, 0.2) is 22.7 Å². The molecule has 0 aliphatic carbocycles. The van der Waals surface area contributed by atoms with Crippen molar-refractivity contribution in [2.45, 2.75) is 32.4 Å². The predicted molar refractivity (Wildman–Crippen MR) is 67.3 cm³/mol. The van der Waals surface area contributed by atoms with E-state index in [2.05, 4.69) is 21.2 Å². The van der Waals surface area contributed by atoms with Crippen LogP contribution in [-0.4, -0.2) is 16.6 Å². The van der Waals surface area contributed by atoms with Crippen molar-refractivity contribution in [2.24, 2.45) is 0 Å². The van der Waals surface area contributed by atoms with E-state index in [1.807, 2.05) is 0 Å². The number of benzene rings is 1. The van der Waals surface area contributed by atoms with Crippen molar-refractivity contribution in [1.29, 1.82) is 0 Å². The zero-order valence-corrected chi connectivity index (χ0v) is 11.3. The van der Waals surface area contributed by atoms with Crippen LogP contribution in [0, 0.1) is 5.82 Å². The minimum absolute atomic E-state index is 0.301. The molecule has 0 aliphatic heterocycles. The smallest absolute Gasteiger partial charge is 0.323 e. The van der Waals surface area contributed by atoms with Crippen molar-refractivity contribution in [3.63, 3.8) is 0 Å². The first kappa shape index (κ1) is 14.1. The van der Waals surface area contributed by atoms with Gasteiger partial charge in [0.15, 0.2) is 0 Å². The molecule has 1 rings (SSSR count). The van der Waals surface area contributed by atoms with Crippen molar-refractivity contribution in [2.75, 3.05) is 0 Å². The fourth-order valence-corrected chi connectivity index (χ4v) is 1.71. The van der Waals surface area contributed by atoms with Crippen molar-refractivity contribution in [1.82, 2.24) is 5.32 Å². The highest BCUT2D eigenvalue weighted by Crippen LogP contribution is 2.19. The molecule has 1 unspecified atom stereocenters. The van der Waals surface area contributed by atoms with Crippen LogP contribution in [0.25, 0.3) is 0 Å². The number of halogens is 2. The van der Waals surface area contributed by atoms with Gasteiger partial charge in [-0.3, -0.25) is 10.1 Å². The van der Waals surface area contributed by atoms with E-state index in [4.69, 9.17) is 5.11 Å². The second kappa shape index (κ2) is 5.60. The zero-order valence-electron chi connectivity index (χ0n) is 9.76. The fraction of sp³-hybridized carbons (Fsp3) is 0.417. The number of rotatable bonds is 5. The molecule has 0 amide bonds. The van der Waals surface area contributed by atoms with Gasteiger partial charge in [-0.05, 0) is 37.1 Å². The summed E-state index contributed by atoms with van der Waals surface area (Å²) < 4.78 is 13.8. The Balaban J connectivity index is 2.79. The van der Waals surface area contributed by atoms with Crippen LogP contribution in [0.3, 0.4) is 0 Å². The molecule has 3 nitrogen and oxygen atoms in total. The average molecular weight is 304 g/mol. The summed E-state index contributed by atoms with van der Waals surface area (Å²) in [6.45, 7) is 3.71. The van der Waals surface area contributed by atoms with Crippen molar-refractivity contribution in [3.8, 4) is 0 Å². The van der Waals surface area contributed by atoms with Crippen molar-refractivity contribution < 1.29 is 14.3 Å². The van der Waals surface area contributed by atoms with Gasteiger partial charge in [-0.25, -0.2) is 4.39 Å². The van der Waals surface area contributed by atoms with E-state index in [1.165, 1.54) is 12.1 Å². The Kier molecular flexibility index (Phi) is 4.65. The lowest BCUT2D eigenvalue weighted by atomic mass is 9.99. The van der Waals surface area contributed by atoms with Gasteiger partial charge >= 0.3 is 5.97 Å².